The number of benzene rings is 1. The van der Waals surface area contributed by atoms with Gasteiger partial charge in [0.05, 0.1) is 13.6 Å². The molecular weight excluding hydrogens is 375 g/mol. The predicted molar refractivity (Wildman–Crippen MR) is 113 cm³/mol. The van der Waals surface area contributed by atoms with Crippen LogP contribution >= 0.6 is 22.9 Å². The molecule has 3 aromatic rings. The maximum atomic E-state index is 6.47. The lowest BCUT2D eigenvalue weighted by atomic mass is 9.78. The summed E-state index contributed by atoms with van der Waals surface area (Å²) in [5.41, 5.74) is 4.34. The standard InChI is InChI=1S/C20H20BClN4S/c1-5-15(21)18-19-25-24-12(4)26(19)20-16(10(2)11(3)27-20)17(23-18)13-6-8-14(22)9-7-13/h6-9,15,18H,5H2,1-4H3/t15-,18?/m1/s1. The Morgan fingerprint density at radius 3 is 2.56 bits per heavy atom. The van der Waals surface area contributed by atoms with Gasteiger partial charge < -0.3 is 0 Å². The second kappa shape index (κ2) is 6.91. The van der Waals surface area contributed by atoms with E-state index >= 15 is 0 Å². The molecule has 2 radical (unpaired) electrons. The van der Waals surface area contributed by atoms with Crippen LogP contribution < -0.4 is 0 Å². The smallest absolute Gasteiger partial charge is 0.162 e. The summed E-state index contributed by atoms with van der Waals surface area (Å²) in [5.74, 6) is 1.53. The molecule has 2 atom stereocenters. The van der Waals surface area contributed by atoms with Crippen LogP contribution in [0.4, 0.5) is 0 Å². The van der Waals surface area contributed by atoms with Crippen molar-refractivity contribution in [1.29, 1.82) is 0 Å². The van der Waals surface area contributed by atoms with E-state index in [1.807, 2.05) is 31.2 Å². The monoisotopic (exact) mass is 394 g/mol. The van der Waals surface area contributed by atoms with Crippen LogP contribution in [0.3, 0.4) is 0 Å². The van der Waals surface area contributed by atoms with Gasteiger partial charge >= 0.3 is 0 Å². The summed E-state index contributed by atoms with van der Waals surface area (Å²) in [6, 6.07) is 7.59. The van der Waals surface area contributed by atoms with Gasteiger partial charge in [0.2, 0.25) is 0 Å². The van der Waals surface area contributed by atoms with Crippen molar-refractivity contribution in [3.63, 3.8) is 0 Å². The van der Waals surface area contributed by atoms with Crippen LogP contribution in [0.1, 0.15) is 52.6 Å². The first kappa shape index (κ1) is 18.4. The van der Waals surface area contributed by atoms with E-state index < -0.39 is 0 Å². The Kier molecular flexibility index (Phi) is 4.72. The number of thiophene rings is 1. The minimum Gasteiger partial charge on any atom is -0.273 e. The first-order valence-electron chi connectivity index (χ1n) is 9.04. The van der Waals surface area contributed by atoms with Crippen LogP contribution in [0.15, 0.2) is 29.3 Å². The number of aryl methyl sites for hydroxylation is 2. The van der Waals surface area contributed by atoms with Gasteiger partial charge in [-0.15, -0.1) is 21.5 Å². The van der Waals surface area contributed by atoms with E-state index in [0.717, 1.165) is 39.9 Å². The van der Waals surface area contributed by atoms with Gasteiger partial charge in [-0.3, -0.25) is 9.56 Å². The molecule has 0 aliphatic carbocycles. The van der Waals surface area contributed by atoms with Crippen molar-refractivity contribution in [3.05, 3.63) is 62.5 Å². The number of halogens is 1. The molecular formula is C20H20BClN4S. The van der Waals surface area contributed by atoms with Crippen molar-refractivity contribution in [1.82, 2.24) is 14.8 Å². The summed E-state index contributed by atoms with van der Waals surface area (Å²) >= 11 is 7.87. The maximum absolute atomic E-state index is 6.47. The number of nitrogens with zero attached hydrogens (tertiary/aromatic N) is 4. The summed E-state index contributed by atoms with van der Waals surface area (Å²) in [6.45, 7) is 8.34. The highest BCUT2D eigenvalue weighted by Crippen LogP contribution is 2.41. The molecule has 0 bridgehead atoms. The molecule has 1 aromatic carbocycles. The maximum Gasteiger partial charge on any atom is 0.162 e. The zero-order valence-electron chi connectivity index (χ0n) is 15.8. The van der Waals surface area contributed by atoms with E-state index in [-0.39, 0.29) is 11.9 Å². The third-order valence-electron chi connectivity index (χ3n) is 5.18. The molecule has 1 aliphatic heterocycles. The third-order valence-corrected chi connectivity index (χ3v) is 6.63. The van der Waals surface area contributed by atoms with Crippen LogP contribution in [-0.2, 0) is 0 Å². The minimum absolute atomic E-state index is 0.134. The largest absolute Gasteiger partial charge is 0.273 e. The van der Waals surface area contributed by atoms with E-state index in [2.05, 4.69) is 35.5 Å². The number of aromatic nitrogens is 3. The Balaban J connectivity index is 2.05. The van der Waals surface area contributed by atoms with Crippen LogP contribution in [0.5, 0.6) is 0 Å². The Bertz CT molecular complexity index is 1040. The summed E-state index contributed by atoms with van der Waals surface area (Å²) in [7, 11) is 6.47. The summed E-state index contributed by atoms with van der Waals surface area (Å²) in [6.07, 6.45) is 0.805. The molecule has 27 heavy (non-hydrogen) atoms. The fourth-order valence-corrected chi connectivity index (χ4v) is 4.80. The van der Waals surface area contributed by atoms with Crippen LogP contribution in [-0.4, -0.2) is 28.3 Å². The molecule has 1 aliphatic rings. The van der Waals surface area contributed by atoms with Crippen molar-refractivity contribution in [3.8, 4) is 5.00 Å². The molecule has 0 saturated carbocycles. The molecule has 136 valence electrons. The van der Waals surface area contributed by atoms with Crippen LogP contribution in [0.25, 0.3) is 5.00 Å². The SMILES string of the molecule is [B][C@H](CC)C1N=C(c2ccc(Cl)cc2)c2c(sc(C)c2C)-n2c(C)nnc21. The third kappa shape index (κ3) is 2.95. The van der Waals surface area contributed by atoms with Crippen molar-refractivity contribution in [2.45, 2.75) is 46.0 Å². The molecule has 0 amide bonds. The molecule has 0 spiro atoms. The van der Waals surface area contributed by atoms with Gasteiger partial charge in [-0.25, -0.2) is 0 Å². The van der Waals surface area contributed by atoms with Gasteiger partial charge in [-0.1, -0.05) is 37.1 Å². The molecule has 7 heteroatoms. The molecule has 0 fully saturated rings. The summed E-state index contributed by atoms with van der Waals surface area (Å²) < 4.78 is 2.13. The van der Waals surface area contributed by atoms with Crippen molar-refractivity contribution in [2.75, 3.05) is 0 Å². The van der Waals surface area contributed by atoms with Gasteiger partial charge in [0.15, 0.2) is 5.82 Å². The van der Waals surface area contributed by atoms with E-state index in [9.17, 15) is 0 Å². The van der Waals surface area contributed by atoms with Crippen LogP contribution in [0.2, 0.25) is 10.8 Å². The van der Waals surface area contributed by atoms with Gasteiger partial charge in [0, 0.05) is 21.0 Å². The van der Waals surface area contributed by atoms with E-state index in [4.69, 9.17) is 24.4 Å². The number of fused-ring (bicyclic) bond motifs is 3. The lowest BCUT2D eigenvalue weighted by Crippen LogP contribution is -2.11. The van der Waals surface area contributed by atoms with Gasteiger partial charge in [0.25, 0.3) is 0 Å². The fraction of sp³-hybridized carbons (Fsp3) is 0.350. The van der Waals surface area contributed by atoms with E-state index in [1.165, 1.54) is 10.4 Å². The lowest BCUT2D eigenvalue weighted by molar-refractivity contribution is 0.596. The molecule has 1 unspecified atom stereocenters. The van der Waals surface area contributed by atoms with Gasteiger partial charge in [-0.2, -0.15) is 0 Å². The first-order chi connectivity index (χ1) is 12.9. The van der Waals surface area contributed by atoms with Crippen molar-refractivity contribution >= 4 is 36.5 Å². The Morgan fingerprint density at radius 2 is 1.89 bits per heavy atom. The molecule has 3 heterocycles. The van der Waals surface area contributed by atoms with Gasteiger partial charge in [-0.05, 0) is 44.3 Å². The average molecular weight is 395 g/mol. The highest BCUT2D eigenvalue weighted by Gasteiger charge is 2.32. The zero-order valence-corrected chi connectivity index (χ0v) is 17.4. The van der Waals surface area contributed by atoms with Crippen molar-refractivity contribution < 1.29 is 0 Å². The molecule has 4 rings (SSSR count). The molecule has 0 N–H and O–H groups in total. The van der Waals surface area contributed by atoms with Gasteiger partial charge in [0.1, 0.15) is 16.9 Å². The number of hydrogen-bond donors (Lipinski definition) is 0. The Hall–Kier alpha value is -1.92. The first-order valence-corrected chi connectivity index (χ1v) is 10.2. The highest BCUT2D eigenvalue weighted by molar-refractivity contribution is 7.15. The molecule has 2 aromatic heterocycles. The molecule has 0 saturated heterocycles. The number of hydrogen-bond acceptors (Lipinski definition) is 4. The van der Waals surface area contributed by atoms with Crippen LogP contribution in [0, 0.1) is 20.8 Å². The number of aliphatic imine (C=N–C) groups is 1. The second-order valence-corrected chi connectivity index (χ2v) is 8.55. The predicted octanol–water partition coefficient (Wildman–Crippen LogP) is 5.17. The zero-order chi connectivity index (χ0) is 19.3. The highest BCUT2D eigenvalue weighted by atomic mass is 35.5. The summed E-state index contributed by atoms with van der Waals surface area (Å²) in [5, 5.41) is 10.6. The fourth-order valence-electron chi connectivity index (χ4n) is 3.47. The Labute approximate surface area is 169 Å². The van der Waals surface area contributed by atoms with E-state index in [0.29, 0.717) is 5.02 Å². The number of rotatable bonds is 3. The quantitative estimate of drug-likeness (QED) is 0.575. The summed E-state index contributed by atoms with van der Waals surface area (Å²) in [4.78, 5) is 6.41. The van der Waals surface area contributed by atoms with Crippen molar-refractivity contribution in [2.24, 2.45) is 4.99 Å². The average Bonchev–Trinajstić information content (AvgIpc) is 3.12. The normalized spacial score (nSPS) is 17.1. The molecule has 4 nitrogen and oxygen atoms in total. The van der Waals surface area contributed by atoms with E-state index in [1.54, 1.807) is 11.3 Å². The topological polar surface area (TPSA) is 43.1 Å². The lowest BCUT2D eigenvalue weighted by Gasteiger charge is -2.18. The minimum atomic E-state index is -0.249. The second-order valence-electron chi connectivity index (χ2n) is 6.91. The Morgan fingerprint density at radius 1 is 1.19 bits per heavy atom.